The molecule has 0 bridgehead atoms. The van der Waals surface area contributed by atoms with E-state index in [0.29, 0.717) is 5.75 Å². The Morgan fingerprint density at radius 1 is 1.35 bits per heavy atom. The van der Waals surface area contributed by atoms with Gasteiger partial charge in [-0.1, -0.05) is 33.6 Å². The Bertz CT molecular complexity index is 246. The van der Waals surface area contributed by atoms with Crippen molar-refractivity contribution in [2.24, 2.45) is 5.92 Å². The zero-order chi connectivity index (χ0) is 13.3. The van der Waals surface area contributed by atoms with Gasteiger partial charge in [-0.3, -0.25) is 4.79 Å². The molecule has 2 atom stereocenters. The third-order valence-corrected chi connectivity index (χ3v) is 3.71. The van der Waals surface area contributed by atoms with E-state index in [2.05, 4.69) is 12.2 Å². The number of hydrogen-bond donors (Lipinski definition) is 2. The predicted molar refractivity (Wildman–Crippen MR) is 71.3 cm³/mol. The van der Waals surface area contributed by atoms with Crippen LogP contribution in [0.1, 0.15) is 40.0 Å². The minimum Gasteiger partial charge on any atom is -0.480 e. The second-order valence-electron chi connectivity index (χ2n) is 4.18. The van der Waals surface area contributed by atoms with E-state index in [9.17, 15) is 9.59 Å². The molecule has 2 N–H and O–H groups in total. The van der Waals surface area contributed by atoms with E-state index in [-0.39, 0.29) is 11.8 Å². The van der Waals surface area contributed by atoms with Crippen LogP contribution in [0.3, 0.4) is 0 Å². The van der Waals surface area contributed by atoms with Crippen LogP contribution in [0.5, 0.6) is 0 Å². The van der Waals surface area contributed by atoms with Gasteiger partial charge in [-0.2, -0.15) is 11.8 Å². The van der Waals surface area contributed by atoms with E-state index >= 15 is 0 Å². The van der Waals surface area contributed by atoms with Crippen LogP contribution < -0.4 is 5.32 Å². The average Bonchev–Trinajstić information content (AvgIpc) is 2.30. The fraction of sp³-hybridized carbons (Fsp3) is 0.833. The first-order valence-electron chi connectivity index (χ1n) is 6.12. The summed E-state index contributed by atoms with van der Waals surface area (Å²) >= 11 is 1.55. The van der Waals surface area contributed by atoms with Gasteiger partial charge in [0.25, 0.3) is 0 Å². The summed E-state index contributed by atoms with van der Waals surface area (Å²) in [6, 6.07) is -0.765. The van der Waals surface area contributed by atoms with Gasteiger partial charge < -0.3 is 10.4 Å². The summed E-state index contributed by atoms with van der Waals surface area (Å²) in [6.45, 7) is 5.86. The molecule has 2 unspecified atom stereocenters. The zero-order valence-electron chi connectivity index (χ0n) is 10.9. The maximum atomic E-state index is 11.5. The van der Waals surface area contributed by atoms with Crippen molar-refractivity contribution in [2.45, 2.75) is 46.1 Å². The van der Waals surface area contributed by atoms with Crippen LogP contribution in [0.2, 0.25) is 0 Å². The predicted octanol–water partition coefficient (Wildman–Crippen LogP) is 2.14. The Kier molecular flexibility index (Phi) is 8.94. The van der Waals surface area contributed by atoms with Crippen molar-refractivity contribution in [3.63, 3.8) is 0 Å². The number of amides is 1. The van der Waals surface area contributed by atoms with E-state index in [4.69, 9.17) is 5.11 Å². The third kappa shape index (κ3) is 7.26. The number of carbonyl (C=O) groups excluding carboxylic acids is 1. The second kappa shape index (κ2) is 9.33. The van der Waals surface area contributed by atoms with Gasteiger partial charge in [0, 0.05) is 0 Å². The highest BCUT2D eigenvalue weighted by Crippen LogP contribution is 2.09. The van der Waals surface area contributed by atoms with Crippen LogP contribution in [0.4, 0.5) is 0 Å². The lowest BCUT2D eigenvalue weighted by atomic mass is 9.99. The van der Waals surface area contributed by atoms with Crippen LogP contribution in [-0.4, -0.2) is 34.5 Å². The lowest BCUT2D eigenvalue weighted by Crippen LogP contribution is -2.45. The molecule has 0 radical (unpaired) electrons. The van der Waals surface area contributed by atoms with Gasteiger partial charge in [-0.15, -0.1) is 0 Å². The number of rotatable bonds is 9. The highest BCUT2D eigenvalue weighted by atomic mass is 32.2. The fourth-order valence-corrected chi connectivity index (χ4v) is 2.22. The lowest BCUT2D eigenvalue weighted by molar-refractivity contribution is -0.143. The monoisotopic (exact) mass is 261 g/mol. The first kappa shape index (κ1) is 16.3. The number of aliphatic carboxylic acids is 1. The van der Waals surface area contributed by atoms with Crippen molar-refractivity contribution in [1.29, 1.82) is 0 Å². The molecule has 0 saturated heterocycles. The van der Waals surface area contributed by atoms with Crippen molar-refractivity contribution >= 4 is 23.6 Å². The van der Waals surface area contributed by atoms with Gasteiger partial charge in [0.1, 0.15) is 6.04 Å². The molecule has 0 aromatic rings. The summed E-state index contributed by atoms with van der Waals surface area (Å²) < 4.78 is 0. The average molecular weight is 261 g/mol. The first-order chi connectivity index (χ1) is 8.02. The Labute approximate surface area is 108 Å². The van der Waals surface area contributed by atoms with Gasteiger partial charge in [0.2, 0.25) is 5.91 Å². The summed E-state index contributed by atoms with van der Waals surface area (Å²) in [5.41, 5.74) is 0. The summed E-state index contributed by atoms with van der Waals surface area (Å²) in [5.74, 6) is 0.118. The smallest absolute Gasteiger partial charge is 0.326 e. The third-order valence-electron chi connectivity index (χ3n) is 2.67. The highest BCUT2D eigenvalue weighted by molar-refractivity contribution is 7.99. The van der Waals surface area contributed by atoms with E-state index < -0.39 is 12.0 Å². The summed E-state index contributed by atoms with van der Waals surface area (Å²) in [7, 11) is 0. The molecule has 1 amide bonds. The second-order valence-corrected chi connectivity index (χ2v) is 5.28. The van der Waals surface area contributed by atoms with Crippen molar-refractivity contribution in [2.75, 3.05) is 11.5 Å². The standard InChI is InChI=1S/C12H23NO3S/c1-4-6-7-17-8-10(14)13-11(12(15)16)9(3)5-2/h9,11H,4-8H2,1-3H3,(H,13,14)(H,15,16). The SMILES string of the molecule is CCCCSCC(=O)NC(C(=O)O)C(C)CC. The number of carbonyl (C=O) groups is 2. The van der Waals surface area contributed by atoms with Crippen molar-refractivity contribution in [1.82, 2.24) is 5.32 Å². The van der Waals surface area contributed by atoms with Gasteiger partial charge >= 0.3 is 5.97 Å². The van der Waals surface area contributed by atoms with E-state index in [1.807, 2.05) is 13.8 Å². The van der Waals surface area contributed by atoms with E-state index in [1.54, 1.807) is 11.8 Å². The minimum absolute atomic E-state index is 0.0444. The van der Waals surface area contributed by atoms with Crippen LogP contribution in [0.25, 0.3) is 0 Å². The number of nitrogens with one attached hydrogen (secondary N) is 1. The number of carboxylic acid groups (broad SMARTS) is 1. The van der Waals surface area contributed by atoms with Crippen molar-refractivity contribution in [3.8, 4) is 0 Å². The minimum atomic E-state index is -0.953. The highest BCUT2D eigenvalue weighted by Gasteiger charge is 2.24. The molecule has 5 heteroatoms. The fourth-order valence-electron chi connectivity index (χ4n) is 1.31. The Morgan fingerprint density at radius 2 is 2.00 bits per heavy atom. The van der Waals surface area contributed by atoms with Crippen LogP contribution >= 0.6 is 11.8 Å². The van der Waals surface area contributed by atoms with Crippen molar-refractivity contribution < 1.29 is 14.7 Å². The van der Waals surface area contributed by atoms with Gasteiger partial charge in [-0.25, -0.2) is 4.79 Å². The molecule has 17 heavy (non-hydrogen) atoms. The van der Waals surface area contributed by atoms with Gasteiger partial charge in [0.05, 0.1) is 5.75 Å². The van der Waals surface area contributed by atoms with Crippen LogP contribution in [-0.2, 0) is 9.59 Å². The molecule has 0 saturated carbocycles. The molecular formula is C12H23NO3S. The molecule has 0 fully saturated rings. The molecule has 0 aliphatic carbocycles. The van der Waals surface area contributed by atoms with Crippen molar-refractivity contribution in [3.05, 3.63) is 0 Å². The first-order valence-corrected chi connectivity index (χ1v) is 7.28. The Hall–Kier alpha value is -0.710. The largest absolute Gasteiger partial charge is 0.480 e. The Morgan fingerprint density at radius 3 is 2.47 bits per heavy atom. The van der Waals surface area contributed by atoms with Gasteiger partial charge in [-0.05, 0) is 18.1 Å². The van der Waals surface area contributed by atoms with E-state index in [0.717, 1.165) is 25.0 Å². The topological polar surface area (TPSA) is 66.4 Å². The molecule has 0 aromatic carbocycles. The molecular weight excluding hydrogens is 238 g/mol. The summed E-state index contributed by atoms with van der Waals surface area (Å²) in [4.78, 5) is 22.5. The number of thioether (sulfide) groups is 1. The number of unbranched alkanes of at least 4 members (excludes halogenated alkanes) is 1. The normalized spacial score (nSPS) is 14.1. The molecule has 0 spiro atoms. The van der Waals surface area contributed by atoms with Crippen LogP contribution in [0.15, 0.2) is 0 Å². The molecule has 0 aliphatic rings. The number of carboxylic acids is 1. The molecule has 0 aromatic heterocycles. The number of hydrogen-bond acceptors (Lipinski definition) is 3. The maximum Gasteiger partial charge on any atom is 0.326 e. The molecule has 0 aliphatic heterocycles. The van der Waals surface area contributed by atoms with Gasteiger partial charge in [0.15, 0.2) is 0 Å². The summed E-state index contributed by atoms with van der Waals surface area (Å²) in [6.07, 6.45) is 2.94. The van der Waals surface area contributed by atoms with Crippen LogP contribution in [0, 0.1) is 5.92 Å². The molecule has 0 rings (SSSR count). The lowest BCUT2D eigenvalue weighted by Gasteiger charge is -2.19. The zero-order valence-corrected chi connectivity index (χ0v) is 11.7. The quantitative estimate of drug-likeness (QED) is 0.624. The molecule has 100 valence electrons. The Balaban J connectivity index is 4.00. The molecule has 0 heterocycles. The molecule has 4 nitrogen and oxygen atoms in total. The maximum absolute atomic E-state index is 11.5. The van der Waals surface area contributed by atoms with E-state index in [1.165, 1.54) is 0 Å². The summed E-state index contributed by atoms with van der Waals surface area (Å²) in [5, 5.41) is 11.6.